The largest absolute Gasteiger partial charge is 0.479 e. The van der Waals surface area contributed by atoms with Crippen molar-refractivity contribution in [2.75, 3.05) is 0 Å². The van der Waals surface area contributed by atoms with Crippen LogP contribution < -0.4 is 5.90 Å². The highest BCUT2D eigenvalue weighted by Crippen LogP contribution is 2.32. The van der Waals surface area contributed by atoms with Gasteiger partial charge in [-0.1, -0.05) is 60.7 Å². The lowest BCUT2D eigenvalue weighted by molar-refractivity contribution is -0.162. The number of benzene rings is 2. The maximum absolute atomic E-state index is 11.6. The molecule has 0 bridgehead atoms. The molecule has 0 radical (unpaired) electrons. The Hall–Kier alpha value is -2.17. The van der Waals surface area contributed by atoms with Crippen molar-refractivity contribution < 1.29 is 14.7 Å². The zero-order chi connectivity index (χ0) is 13.0. The van der Waals surface area contributed by atoms with Crippen LogP contribution in [0.5, 0.6) is 0 Å². The van der Waals surface area contributed by atoms with E-state index in [0.29, 0.717) is 11.1 Å². The second-order valence-electron chi connectivity index (χ2n) is 3.84. The highest BCUT2D eigenvalue weighted by molar-refractivity contribution is 5.84. The van der Waals surface area contributed by atoms with Crippen molar-refractivity contribution >= 4 is 5.97 Å². The number of carbonyl (C=O) groups is 1. The SMILES string of the molecule is NOC(C(=O)O)(c1ccccc1)c1ccccc1. The molecule has 0 saturated carbocycles. The van der Waals surface area contributed by atoms with Crippen molar-refractivity contribution in [1.82, 2.24) is 0 Å². The third-order valence-corrected chi connectivity index (χ3v) is 2.84. The first-order chi connectivity index (χ1) is 8.71. The molecule has 0 heterocycles. The Bertz CT molecular complexity index is 486. The topological polar surface area (TPSA) is 72.5 Å². The summed E-state index contributed by atoms with van der Waals surface area (Å²) in [4.78, 5) is 16.5. The van der Waals surface area contributed by atoms with Crippen LogP contribution in [0.15, 0.2) is 60.7 Å². The van der Waals surface area contributed by atoms with Crippen molar-refractivity contribution in [1.29, 1.82) is 0 Å². The van der Waals surface area contributed by atoms with Crippen LogP contribution in [0, 0.1) is 0 Å². The van der Waals surface area contributed by atoms with Gasteiger partial charge in [0.15, 0.2) is 0 Å². The molecule has 0 saturated heterocycles. The second kappa shape index (κ2) is 5.00. The molecule has 2 rings (SSSR count). The van der Waals surface area contributed by atoms with Gasteiger partial charge in [-0.3, -0.25) is 4.84 Å². The van der Waals surface area contributed by atoms with Crippen LogP contribution in [0.2, 0.25) is 0 Å². The van der Waals surface area contributed by atoms with Gasteiger partial charge in [0.05, 0.1) is 0 Å². The monoisotopic (exact) mass is 243 g/mol. The van der Waals surface area contributed by atoms with Gasteiger partial charge in [0.25, 0.3) is 0 Å². The van der Waals surface area contributed by atoms with Crippen molar-refractivity contribution in [3.8, 4) is 0 Å². The second-order valence-corrected chi connectivity index (χ2v) is 3.84. The molecule has 2 aromatic carbocycles. The Kier molecular flexibility index (Phi) is 3.41. The van der Waals surface area contributed by atoms with Crippen molar-refractivity contribution in [3.05, 3.63) is 71.8 Å². The van der Waals surface area contributed by atoms with Crippen LogP contribution in [0.3, 0.4) is 0 Å². The Morgan fingerprint density at radius 1 is 0.944 bits per heavy atom. The smallest absolute Gasteiger partial charge is 0.347 e. The molecular formula is C14H13NO3. The molecule has 18 heavy (non-hydrogen) atoms. The van der Waals surface area contributed by atoms with Crippen LogP contribution in [0.4, 0.5) is 0 Å². The number of rotatable bonds is 4. The van der Waals surface area contributed by atoms with E-state index in [4.69, 9.17) is 10.7 Å². The predicted octanol–water partition coefficient (Wildman–Crippen LogP) is 1.91. The summed E-state index contributed by atoms with van der Waals surface area (Å²) < 4.78 is 0. The highest BCUT2D eigenvalue weighted by atomic mass is 16.6. The molecule has 0 aromatic heterocycles. The number of carboxylic acids is 1. The van der Waals surface area contributed by atoms with E-state index in [2.05, 4.69) is 0 Å². The zero-order valence-electron chi connectivity index (χ0n) is 9.61. The number of carboxylic acid groups (broad SMARTS) is 1. The summed E-state index contributed by atoms with van der Waals surface area (Å²) in [5.41, 5.74) is -0.722. The molecule has 92 valence electrons. The van der Waals surface area contributed by atoms with Gasteiger partial charge in [-0.25, -0.2) is 10.7 Å². The van der Waals surface area contributed by atoms with E-state index in [1.54, 1.807) is 60.7 Å². The standard InChI is InChI=1S/C14H13NO3/c15-18-14(13(16)17,11-7-3-1-4-8-11)12-9-5-2-6-10-12/h1-10H,15H2,(H,16,17). The lowest BCUT2D eigenvalue weighted by atomic mass is 9.86. The fourth-order valence-corrected chi connectivity index (χ4v) is 1.95. The summed E-state index contributed by atoms with van der Waals surface area (Å²) in [5, 5.41) is 9.53. The van der Waals surface area contributed by atoms with Crippen molar-refractivity contribution in [3.63, 3.8) is 0 Å². The average Bonchev–Trinajstić information content (AvgIpc) is 2.42. The summed E-state index contributed by atoms with van der Waals surface area (Å²) in [6.07, 6.45) is 0. The Morgan fingerprint density at radius 2 is 1.33 bits per heavy atom. The van der Waals surface area contributed by atoms with Crippen LogP contribution in [0.1, 0.15) is 11.1 Å². The van der Waals surface area contributed by atoms with E-state index in [9.17, 15) is 9.90 Å². The minimum Gasteiger partial charge on any atom is -0.479 e. The van der Waals surface area contributed by atoms with E-state index in [1.807, 2.05) is 0 Å². The van der Waals surface area contributed by atoms with E-state index in [1.165, 1.54) is 0 Å². The minimum absolute atomic E-state index is 0.478. The van der Waals surface area contributed by atoms with Crippen molar-refractivity contribution in [2.45, 2.75) is 5.60 Å². The maximum atomic E-state index is 11.6. The molecule has 4 heteroatoms. The summed E-state index contributed by atoms with van der Waals surface area (Å²) in [7, 11) is 0. The predicted molar refractivity (Wildman–Crippen MR) is 66.6 cm³/mol. The molecule has 2 aromatic rings. The molecule has 3 N–H and O–H groups in total. The first kappa shape index (κ1) is 12.3. The molecule has 0 spiro atoms. The molecule has 0 amide bonds. The fraction of sp³-hybridized carbons (Fsp3) is 0.0714. The van der Waals surface area contributed by atoms with E-state index < -0.39 is 11.6 Å². The molecule has 0 aliphatic heterocycles. The molecule has 0 aliphatic carbocycles. The fourth-order valence-electron chi connectivity index (χ4n) is 1.95. The Balaban J connectivity index is 2.65. The number of aliphatic carboxylic acids is 1. The lowest BCUT2D eigenvalue weighted by Crippen LogP contribution is -2.42. The molecule has 0 aliphatic rings. The van der Waals surface area contributed by atoms with Gasteiger partial charge in [-0.05, 0) is 0 Å². The first-order valence-corrected chi connectivity index (χ1v) is 5.44. The highest BCUT2D eigenvalue weighted by Gasteiger charge is 2.43. The quantitative estimate of drug-likeness (QED) is 0.804. The van der Waals surface area contributed by atoms with E-state index in [0.717, 1.165) is 0 Å². The van der Waals surface area contributed by atoms with Crippen LogP contribution in [0.25, 0.3) is 0 Å². The van der Waals surface area contributed by atoms with Gasteiger partial charge in [0, 0.05) is 11.1 Å². The summed E-state index contributed by atoms with van der Waals surface area (Å²) in [6.45, 7) is 0. The molecule has 0 fully saturated rings. The summed E-state index contributed by atoms with van der Waals surface area (Å²) in [6, 6.07) is 17.3. The van der Waals surface area contributed by atoms with Crippen LogP contribution >= 0.6 is 0 Å². The summed E-state index contributed by atoms with van der Waals surface area (Å²) in [5.74, 6) is 4.14. The van der Waals surface area contributed by atoms with Gasteiger partial charge in [-0.2, -0.15) is 0 Å². The van der Waals surface area contributed by atoms with Gasteiger partial charge in [0.2, 0.25) is 5.60 Å². The average molecular weight is 243 g/mol. The Morgan fingerprint density at radius 3 is 1.61 bits per heavy atom. The number of hydrogen-bond acceptors (Lipinski definition) is 3. The minimum atomic E-state index is -1.68. The molecular weight excluding hydrogens is 230 g/mol. The van der Waals surface area contributed by atoms with Gasteiger partial charge in [0.1, 0.15) is 0 Å². The molecule has 0 atom stereocenters. The zero-order valence-corrected chi connectivity index (χ0v) is 9.61. The lowest BCUT2D eigenvalue weighted by Gasteiger charge is -2.27. The van der Waals surface area contributed by atoms with E-state index >= 15 is 0 Å². The van der Waals surface area contributed by atoms with Gasteiger partial charge < -0.3 is 5.11 Å². The summed E-state index contributed by atoms with van der Waals surface area (Å²) >= 11 is 0. The van der Waals surface area contributed by atoms with Crippen LogP contribution in [-0.2, 0) is 15.2 Å². The third-order valence-electron chi connectivity index (χ3n) is 2.84. The van der Waals surface area contributed by atoms with Gasteiger partial charge in [-0.15, -0.1) is 0 Å². The number of hydrogen-bond donors (Lipinski definition) is 2. The van der Waals surface area contributed by atoms with Gasteiger partial charge >= 0.3 is 5.97 Å². The number of nitrogens with two attached hydrogens (primary N) is 1. The van der Waals surface area contributed by atoms with Crippen LogP contribution in [-0.4, -0.2) is 11.1 Å². The first-order valence-electron chi connectivity index (χ1n) is 5.44. The van der Waals surface area contributed by atoms with E-state index in [-0.39, 0.29) is 0 Å². The third kappa shape index (κ3) is 1.88. The Labute approximate surface area is 105 Å². The molecule has 4 nitrogen and oxygen atoms in total. The molecule has 0 unspecified atom stereocenters. The normalized spacial score (nSPS) is 11.2. The van der Waals surface area contributed by atoms with Crippen molar-refractivity contribution in [2.24, 2.45) is 5.90 Å². The maximum Gasteiger partial charge on any atom is 0.347 e.